The van der Waals surface area contributed by atoms with Crippen molar-refractivity contribution in [1.82, 2.24) is 0 Å². The molecule has 0 spiro atoms. The fourth-order valence-corrected chi connectivity index (χ4v) is 2.36. The lowest BCUT2D eigenvalue weighted by molar-refractivity contribution is 0.354. The lowest BCUT2D eigenvalue weighted by Gasteiger charge is -2.10. The number of methoxy groups -OCH3 is 2. The number of aryl methyl sites for hydroxylation is 1. The molecule has 0 bridgehead atoms. The van der Waals surface area contributed by atoms with Gasteiger partial charge in [0.05, 0.1) is 19.9 Å². The Bertz CT molecular complexity index is 638. The lowest BCUT2D eigenvalue weighted by Crippen LogP contribution is -1.95. The molecule has 0 atom stereocenters. The number of para-hydroxylation sites is 1. The first kappa shape index (κ1) is 14.8. The monoisotopic (exact) mass is 381 g/mol. The highest BCUT2D eigenvalue weighted by Crippen LogP contribution is 2.30. The van der Waals surface area contributed by atoms with E-state index in [1.165, 1.54) is 0 Å². The average molecular weight is 381 g/mol. The van der Waals surface area contributed by atoms with Gasteiger partial charge in [-0.3, -0.25) is 4.99 Å². The van der Waals surface area contributed by atoms with Gasteiger partial charge in [-0.15, -0.1) is 0 Å². The van der Waals surface area contributed by atoms with Crippen LogP contribution in [0.5, 0.6) is 11.5 Å². The maximum Gasteiger partial charge on any atom is 0.161 e. The van der Waals surface area contributed by atoms with Crippen LogP contribution in [-0.4, -0.2) is 20.4 Å². The molecule has 0 unspecified atom stereocenters. The van der Waals surface area contributed by atoms with E-state index in [0.29, 0.717) is 5.75 Å². The Hall–Kier alpha value is -1.56. The zero-order valence-electron chi connectivity index (χ0n) is 11.7. The van der Waals surface area contributed by atoms with Gasteiger partial charge in [-0.2, -0.15) is 0 Å². The van der Waals surface area contributed by atoms with Gasteiger partial charge in [0.25, 0.3) is 0 Å². The molecule has 104 valence electrons. The van der Waals surface area contributed by atoms with E-state index in [9.17, 15) is 0 Å². The maximum absolute atomic E-state index is 5.32. The SMILES string of the molecule is COc1cc(C)c(C=Nc2ccccc2I)cc1OC. The van der Waals surface area contributed by atoms with Crippen molar-refractivity contribution in [2.24, 2.45) is 4.99 Å². The van der Waals surface area contributed by atoms with Crippen LogP contribution in [0.15, 0.2) is 41.4 Å². The number of hydrogen-bond acceptors (Lipinski definition) is 3. The van der Waals surface area contributed by atoms with E-state index in [-0.39, 0.29) is 0 Å². The Morgan fingerprint density at radius 1 is 1.05 bits per heavy atom. The second kappa shape index (κ2) is 6.74. The van der Waals surface area contributed by atoms with Crippen molar-refractivity contribution in [3.8, 4) is 11.5 Å². The second-order valence-electron chi connectivity index (χ2n) is 4.27. The van der Waals surface area contributed by atoms with Crippen molar-refractivity contribution >= 4 is 34.5 Å². The molecule has 2 aromatic carbocycles. The molecule has 2 aromatic rings. The summed E-state index contributed by atoms with van der Waals surface area (Å²) in [6.07, 6.45) is 1.86. The highest BCUT2D eigenvalue weighted by molar-refractivity contribution is 14.1. The molecular weight excluding hydrogens is 365 g/mol. The van der Waals surface area contributed by atoms with Crippen LogP contribution in [0, 0.1) is 10.5 Å². The Balaban J connectivity index is 2.36. The van der Waals surface area contributed by atoms with Crippen molar-refractivity contribution in [2.75, 3.05) is 14.2 Å². The first-order valence-electron chi connectivity index (χ1n) is 6.17. The van der Waals surface area contributed by atoms with E-state index in [0.717, 1.165) is 26.1 Å². The normalized spacial score (nSPS) is 10.8. The molecule has 0 heterocycles. The summed E-state index contributed by atoms with van der Waals surface area (Å²) in [4.78, 5) is 4.54. The summed E-state index contributed by atoms with van der Waals surface area (Å²) in [6.45, 7) is 2.03. The largest absolute Gasteiger partial charge is 0.493 e. The van der Waals surface area contributed by atoms with Gasteiger partial charge in [0, 0.05) is 9.78 Å². The van der Waals surface area contributed by atoms with E-state index in [4.69, 9.17) is 9.47 Å². The van der Waals surface area contributed by atoms with Crippen LogP contribution in [0.4, 0.5) is 5.69 Å². The number of benzene rings is 2. The van der Waals surface area contributed by atoms with E-state index >= 15 is 0 Å². The van der Waals surface area contributed by atoms with E-state index in [1.807, 2.05) is 49.5 Å². The summed E-state index contributed by atoms with van der Waals surface area (Å²) < 4.78 is 11.7. The Morgan fingerprint density at radius 3 is 2.35 bits per heavy atom. The molecule has 0 aliphatic heterocycles. The number of aliphatic imine (C=N–C) groups is 1. The van der Waals surface area contributed by atoms with Crippen molar-refractivity contribution < 1.29 is 9.47 Å². The fourth-order valence-electron chi connectivity index (χ4n) is 1.83. The number of nitrogens with zero attached hydrogens (tertiary/aromatic N) is 1. The third kappa shape index (κ3) is 3.30. The summed E-state index contributed by atoms with van der Waals surface area (Å²) in [5.74, 6) is 1.44. The summed E-state index contributed by atoms with van der Waals surface area (Å²) in [6, 6.07) is 11.9. The van der Waals surface area contributed by atoms with Crippen LogP contribution < -0.4 is 9.47 Å². The quantitative estimate of drug-likeness (QED) is 0.582. The van der Waals surface area contributed by atoms with Crippen molar-refractivity contribution in [1.29, 1.82) is 0 Å². The Kier molecular flexibility index (Phi) is 5.00. The zero-order chi connectivity index (χ0) is 14.5. The summed E-state index contributed by atoms with van der Waals surface area (Å²) >= 11 is 2.28. The summed E-state index contributed by atoms with van der Waals surface area (Å²) in [5.41, 5.74) is 3.07. The third-order valence-corrected chi connectivity index (χ3v) is 3.88. The van der Waals surface area contributed by atoms with Crippen LogP contribution in [0.2, 0.25) is 0 Å². The van der Waals surface area contributed by atoms with Gasteiger partial charge in [-0.1, -0.05) is 12.1 Å². The number of ether oxygens (including phenoxy) is 2. The molecule has 3 nitrogen and oxygen atoms in total. The first-order chi connectivity index (χ1) is 9.65. The zero-order valence-corrected chi connectivity index (χ0v) is 13.8. The highest BCUT2D eigenvalue weighted by atomic mass is 127. The predicted molar refractivity (Wildman–Crippen MR) is 90.7 cm³/mol. The molecule has 0 radical (unpaired) electrons. The molecule has 0 amide bonds. The van der Waals surface area contributed by atoms with Crippen molar-refractivity contribution in [2.45, 2.75) is 6.92 Å². The minimum atomic E-state index is 0.710. The molecule has 20 heavy (non-hydrogen) atoms. The van der Waals surface area contributed by atoms with E-state index < -0.39 is 0 Å². The van der Waals surface area contributed by atoms with Crippen LogP contribution in [0.3, 0.4) is 0 Å². The molecule has 0 aliphatic carbocycles. The Labute approximate surface area is 132 Å². The molecule has 2 rings (SSSR count). The van der Waals surface area contributed by atoms with E-state index in [2.05, 4.69) is 27.6 Å². The number of hydrogen-bond donors (Lipinski definition) is 0. The third-order valence-electron chi connectivity index (χ3n) is 2.97. The van der Waals surface area contributed by atoms with Crippen LogP contribution in [-0.2, 0) is 0 Å². The van der Waals surface area contributed by atoms with Gasteiger partial charge in [0.1, 0.15) is 0 Å². The van der Waals surface area contributed by atoms with Gasteiger partial charge in [-0.25, -0.2) is 0 Å². The van der Waals surface area contributed by atoms with Crippen LogP contribution >= 0.6 is 22.6 Å². The molecule has 0 aromatic heterocycles. The van der Waals surface area contributed by atoms with Gasteiger partial charge in [-0.05, 0) is 64.9 Å². The Morgan fingerprint density at radius 2 is 1.70 bits per heavy atom. The van der Waals surface area contributed by atoms with Gasteiger partial charge in [0.15, 0.2) is 11.5 Å². The fraction of sp³-hybridized carbons (Fsp3) is 0.188. The number of halogens is 1. The number of rotatable bonds is 4. The first-order valence-corrected chi connectivity index (χ1v) is 7.25. The topological polar surface area (TPSA) is 30.8 Å². The predicted octanol–water partition coefficient (Wildman–Crippen LogP) is 4.37. The molecule has 0 N–H and O–H groups in total. The highest BCUT2D eigenvalue weighted by Gasteiger charge is 2.07. The minimum absolute atomic E-state index is 0.710. The van der Waals surface area contributed by atoms with Gasteiger partial charge in [0.2, 0.25) is 0 Å². The molecule has 4 heteroatoms. The van der Waals surface area contributed by atoms with Crippen LogP contribution in [0.25, 0.3) is 0 Å². The molecule has 0 saturated heterocycles. The molecule has 0 fully saturated rings. The standard InChI is InChI=1S/C16H16INO2/c1-11-8-15(19-2)16(20-3)9-12(11)10-18-14-7-5-4-6-13(14)17/h4-10H,1-3H3. The summed E-state index contributed by atoms with van der Waals surface area (Å²) in [5, 5.41) is 0. The average Bonchev–Trinajstić information content (AvgIpc) is 2.47. The molecular formula is C16H16INO2. The maximum atomic E-state index is 5.32. The second-order valence-corrected chi connectivity index (χ2v) is 5.44. The molecule has 0 aliphatic rings. The van der Waals surface area contributed by atoms with Crippen LogP contribution in [0.1, 0.15) is 11.1 Å². The van der Waals surface area contributed by atoms with Crippen molar-refractivity contribution in [3.05, 3.63) is 51.1 Å². The minimum Gasteiger partial charge on any atom is -0.493 e. The van der Waals surface area contributed by atoms with Crippen molar-refractivity contribution in [3.63, 3.8) is 0 Å². The van der Waals surface area contributed by atoms with Gasteiger partial charge < -0.3 is 9.47 Å². The lowest BCUT2D eigenvalue weighted by atomic mass is 10.1. The van der Waals surface area contributed by atoms with E-state index in [1.54, 1.807) is 14.2 Å². The van der Waals surface area contributed by atoms with Gasteiger partial charge >= 0.3 is 0 Å². The smallest absolute Gasteiger partial charge is 0.161 e. The summed E-state index contributed by atoms with van der Waals surface area (Å²) in [7, 11) is 3.27. The molecule has 0 saturated carbocycles.